The van der Waals surface area contributed by atoms with Crippen molar-refractivity contribution >= 4 is 39.1 Å². The molecule has 0 spiro atoms. The van der Waals surface area contributed by atoms with Gasteiger partial charge in [0.15, 0.2) is 0 Å². The number of carbonyl (C=O) groups is 1. The number of nitrogens with zero attached hydrogens (tertiary/aromatic N) is 1. The van der Waals surface area contributed by atoms with Crippen LogP contribution >= 0.6 is 27.5 Å². The van der Waals surface area contributed by atoms with Gasteiger partial charge in [0.1, 0.15) is 0 Å². The van der Waals surface area contributed by atoms with Gasteiger partial charge in [0.2, 0.25) is 5.91 Å². The molecule has 1 amide bonds. The number of benzene rings is 2. The molecule has 2 aromatic carbocycles. The van der Waals surface area contributed by atoms with Gasteiger partial charge in [-0.15, -0.1) is 0 Å². The van der Waals surface area contributed by atoms with Gasteiger partial charge in [0.25, 0.3) is 0 Å². The first-order valence-electron chi connectivity index (χ1n) is 8.14. The number of anilines is 1. The molecule has 1 aliphatic heterocycles. The first-order valence-corrected chi connectivity index (χ1v) is 9.32. The molecule has 1 atom stereocenters. The van der Waals surface area contributed by atoms with E-state index in [9.17, 15) is 4.79 Å². The molecule has 1 fully saturated rings. The molecule has 1 N–H and O–H groups in total. The summed E-state index contributed by atoms with van der Waals surface area (Å²) in [5, 5.41) is 3.83. The number of rotatable bonds is 4. The Balaban J connectivity index is 1.62. The zero-order chi connectivity index (χ0) is 16.9. The van der Waals surface area contributed by atoms with Crippen molar-refractivity contribution < 1.29 is 4.79 Å². The lowest BCUT2D eigenvalue weighted by molar-refractivity contribution is -0.121. The zero-order valence-corrected chi connectivity index (χ0v) is 15.7. The molecule has 0 aromatic heterocycles. The van der Waals surface area contributed by atoms with Crippen LogP contribution in [0.5, 0.6) is 0 Å². The molecule has 126 valence electrons. The lowest BCUT2D eigenvalue weighted by Crippen LogP contribution is -2.40. The minimum Gasteiger partial charge on any atom is -0.325 e. The van der Waals surface area contributed by atoms with Crippen LogP contribution in [0.15, 0.2) is 53.0 Å². The number of amides is 1. The van der Waals surface area contributed by atoms with Gasteiger partial charge < -0.3 is 5.32 Å². The monoisotopic (exact) mass is 406 g/mol. The molecule has 0 bridgehead atoms. The van der Waals surface area contributed by atoms with Gasteiger partial charge in [-0.2, -0.15) is 0 Å². The first kappa shape index (κ1) is 17.5. The van der Waals surface area contributed by atoms with Crippen molar-refractivity contribution in [2.75, 3.05) is 18.4 Å². The lowest BCUT2D eigenvalue weighted by atomic mass is 9.96. The van der Waals surface area contributed by atoms with E-state index in [-0.39, 0.29) is 11.8 Å². The van der Waals surface area contributed by atoms with Gasteiger partial charge in [-0.3, -0.25) is 9.69 Å². The Morgan fingerprint density at radius 1 is 1.21 bits per heavy atom. The minimum atomic E-state index is 0.00773. The number of para-hydroxylation sites is 1. The maximum Gasteiger partial charge on any atom is 0.228 e. The number of hydrogen-bond acceptors (Lipinski definition) is 2. The Kier molecular flexibility index (Phi) is 5.93. The van der Waals surface area contributed by atoms with Crippen molar-refractivity contribution in [1.29, 1.82) is 0 Å². The second kappa shape index (κ2) is 8.15. The van der Waals surface area contributed by atoms with Gasteiger partial charge in [-0.1, -0.05) is 41.9 Å². The summed E-state index contributed by atoms with van der Waals surface area (Å²) in [7, 11) is 0. The van der Waals surface area contributed by atoms with Crippen LogP contribution in [0.1, 0.15) is 18.4 Å². The summed E-state index contributed by atoms with van der Waals surface area (Å²) in [5.41, 5.74) is 1.94. The normalized spacial score (nSPS) is 18.3. The van der Waals surface area contributed by atoms with Crippen LogP contribution in [0.4, 0.5) is 5.69 Å². The minimum absolute atomic E-state index is 0.00773. The third kappa shape index (κ3) is 4.38. The summed E-state index contributed by atoms with van der Waals surface area (Å²) >= 11 is 9.73. The van der Waals surface area contributed by atoms with E-state index in [1.807, 2.05) is 48.5 Å². The zero-order valence-electron chi connectivity index (χ0n) is 13.3. The highest BCUT2D eigenvalue weighted by molar-refractivity contribution is 9.10. The number of likely N-dealkylation sites (tertiary alicyclic amines) is 1. The van der Waals surface area contributed by atoms with E-state index >= 15 is 0 Å². The Labute approximate surface area is 156 Å². The van der Waals surface area contributed by atoms with E-state index in [0.29, 0.717) is 0 Å². The van der Waals surface area contributed by atoms with E-state index in [4.69, 9.17) is 11.6 Å². The number of nitrogens with one attached hydrogen (secondary N) is 1. The third-order valence-corrected chi connectivity index (χ3v) is 5.42. The molecule has 24 heavy (non-hydrogen) atoms. The molecule has 5 heteroatoms. The summed E-state index contributed by atoms with van der Waals surface area (Å²) < 4.78 is 0.905. The van der Waals surface area contributed by atoms with Crippen molar-refractivity contribution in [1.82, 2.24) is 4.90 Å². The maximum absolute atomic E-state index is 12.6. The molecule has 1 unspecified atom stereocenters. The highest BCUT2D eigenvalue weighted by Gasteiger charge is 2.26. The van der Waals surface area contributed by atoms with Crippen LogP contribution in [-0.2, 0) is 11.3 Å². The van der Waals surface area contributed by atoms with Crippen LogP contribution in [0, 0.1) is 5.92 Å². The van der Waals surface area contributed by atoms with Crippen LogP contribution in [0.25, 0.3) is 0 Å². The van der Waals surface area contributed by atoms with Gasteiger partial charge in [-0.05, 0) is 59.1 Å². The molecule has 1 aliphatic rings. The van der Waals surface area contributed by atoms with E-state index in [0.717, 1.165) is 53.2 Å². The molecule has 0 aliphatic carbocycles. The molecule has 0 radical (unpaired) electrons. The van der Waals surface area contributed by atoms with Crippen molar-refractivity contribution in [3.63, 3.8) is 0 Å². The van der Waals surface area contributed by atoms with Gasteiger partial charge in [0.05, 0.1) is 11.6 Å². The Morgan fingerprint density at radius 2 is 1.96 bits per heavy atom. The van der Waals surface area contributed by atoms with E-state index in [1.165, 1.54) is 0 Å². The van der Waals surface area contributed by atoms with Gasteiger partial charge in [-0.25, -0.2) is 0 Å². The fraction of sp³-hybridized carbons (Fsp3) is 0.316. The highest BCUT2D eigenvalue weighted by atomic mass is 79.9. The van der Waals surface area contributed by atoms with Gasteiger partial charge in [0, 0.05) is 22.6 Å². The Hall–Kier alpha value is -1.36. The summed E-state index contributed by atoms with van der Waals surface area (Å²) in [6.07, 6.45) is 1.95. The molecular formula is C19H20BrClN2O. The standard InChI is InChI=1S/C19H20BrClN2O/c20-16-8-2-4-10-18(16)22-19(24)15-7-5-11-23(13-15)12-14-6-1-3-9-17(14)21/h1-4,6,8-10,15H,5,7,11-13H2,(H,22,24). The summed E-state index contributed by atoms with van der Waals surface area (Å²) in [5.74, 6) is 0.0964. The molecular weight excluding hydrogens is 388 g/mol. The van der Waals surface area contributed by atoms with Crippen molar-refractivity contribution in [2.45, 2.75) is 19.4 Å². The van der Waals surface area contributed by atoms with Crippen LogP contribution in [0.3, 0.4) is 0 Å². The van der Waals surface area contributed by atoms with Crippen LogP contribution in [0.2, 0.25) is 5.02 Å². The Bertz CT molecular complexity index is 722. The molecule has 0 saturated carbocycles. The largest absolute Gasteiger partial charge is 0.325 e. The first-order chi connectivity index (χ1) is 11.6. The fourth-order valence-corrected chi connectivity index (χ4v) is 3.66. The van der Waals surface area contributed by atoms with Crippen molar-refractivity contribution in [3.05, 3.63) is 63.6 Å². The third-order valence-electron chi connectivity index (χ3n) is 4.36. The number of piperidine rings is 1. The number of halogens is 2. The van der Waals surface area contributed by atoms with E-state index < -0.39 is 0 Å². The van der Waals surface area contributed by atoms with E-state index in [2.05, 4.69) is 26.1 Å². The molecule has 1 heterocycles. The molecule has 3 rings (SSSR count). The quantitative estimate of drug-likeness (QED) is 0.777. The average Bonchev–Trinajstić information content (AvgIpc) is 2.59. The number of hydrogen-bond donors (Lipinski definition) is 1. The molecule has 3 nitrogen and oxygen atoms in total. The summed E-state index contributed by atoms with van der Waals surface area (Å²) in [6, 6.07) is 15.6. The van der Waals surface area contributed by atoms with Crippen molar-refractivity contribution in [3.8, 4) is 0 Å². The lowest BCUT2D eigenvalue weighted by Gasteiger charge is -2.32. The smallest absolute Gasteiger partial charge is 0.228 e. The predicted octanol–water partition coefficient (Wildman–Crippen LogP) is 4.95. The Morgan fingerprint density at radius 3 is 2.75 bits per heavy atom. The molecule has 2 aromatic rings. The topological polar surface area (TPSA) is 32.3 Å². The van der Waals surface area contributed by atoms with Crippen LogP contribution in [-0.4, -0.2) is 23.9 Å². The fourth-order valence-electron chi connectivity index (χ4n) is 3.08. The second-order valence-electron chi connectivity index (χ2n) is 6.13. The summed E-state index contributed by atoms with van der Waals surface area (Å²) in [6.45, 7) is 2.56. The second-order valence-corrected chi connectivity index (χ2v) is 7.40. The summed E-state index contributed by atoms with van der Waals surface area (Å²) in [4.78, 5) is 14.9. The van der Waals surface area contributed by atoms with Crippen molar-refractivity contribution in [2.24, 2.45) is 5.92 Å². The van der Waals surface area contributed by atoms with Gasteiger partial charge >= 0.3 is 0 Å². The van der Waals surface area contributed by atoms with Crippen LogP contribution < -0.4 is 5.32 Å². The van der Waals surface area contributed by atoms with E-state index in [1.54, 1.807) is 0 Å². The predicted molar refractivity (Wildman–Crippen MR) is 102 cm³/mol. The maximum atomic E-state index is 12.6. The SMILES string of the molecule is O=C(Nc1ccccc1Br)C1CCCN(Cc2ccccc2Cl)C1. The molecule has 1 saturated heterocycles. The average molecular weight is 408 g/mol. The highest BCUT2D eigenvalue weighted by Crippen LogP contribution is 2.25. The number of carbonyl (C=O) groups excluding carboxylic acids is 1.